The molecule has 7 heteroatoms. The van der Waals surface area contributed by atoms with Gasteiger partial charge >= 0.3 is 0 Å². The van der Waals surface area contributed by atoms with Crippen LogP contribution < -0.4 is 19.4 Å². The molecule has 2 fully saturated rings. The molecule has 2 aliphatic rings. The lowest BCUT2D eigenvalue weighted by Gasteiger charge is -2.32. The van der Waals surface area contributed by atoms with Gasteiger partial charge in [-0.1, -0.05) is 30.3 Å². The van der Waals surface area contributed by atoms with Crippen LogP contribution in [0.5, 0.6) is 11.5 Å². The monoisotopic (exact) mass is 458 g/mol. The van der Waals surface area contributed by atoms with Gasteiger partial charge in [0.2, 0.25) is 5.91 Å². The van der Waals surface area contributed by atoms with E-state index in [0.717, 1.165) is 11.3 Å². The third-order valence-electron chi connectivity index (χ3n) is 6.52. The highest BCUT2D eigenvalue weighted by molar-refractivity contribution is 6.25. The van der Waals surface area contributed by atoms with E-state index in [1.807, 2.05) is 68.4 Å². The molecule has 0 spiro atoms. The maximum atomic E-state index is 14.0. The van der Waals surface area contributed by atoms with Crippen molar-refractivity contribution in [2.24, 2.45) is 5.41 Å². The molecule has 3 aromatic carbocycles. The van der Waals surface area contributed by atoms with Crippen molar-refractivity contribution in [3.8, 4) is 11.5 Å². The van der Waals surface area contributed by atoms with Gasteiger partial charge in [0.1, 0.15) is 16.9 Å². The van der Waals surface area contributed by atoms with Gasteiger partial charge < -0.3 is 9.47 Å². The second kappa shape index (κ2) is 8.50. The SMILES string of the molecule is CCOc1ccc(N2C(=O)[C@@H]3ON(c4ccccc4)[C@H](c4ccc(OC)cc4)[C@@]3(C)C2=O)cc1. The van der Waals surface area contributed by atoms with Crippen LogP contribution in [0.1, 0.15) is 25.5 Å². The summed E-state index contributed by atoms with van der Waals surface area (Å²) >= 11 is 0. The van der Waals surface area contributed by atoms with Gasteiger partial charge in [-0.05, 0) is 67.9 Å². The number of methoxy groups -OCH3 is 1. The zero-order valence-corrected chi connectivity index (χ0v) is 19.3. The first-order valence-corrected chi connectivity index (χ1v) is 11.2. The molecule has 0 aromatic heterocycles. The quantitative estimate of drug-likeness (QED) is 0.506. The van der Waals surface area contributed by atoms with E-state index < -0.39 is 17.6 Å². The van der Waals surface area contributed by atoms with E-state index in [4.69, 9.17) is 14.3 Å². The second-order valence-corrected chi connectivity index (χ2v) is 8.51. The fourth-order valence-corrected chi connectivity index (χ4v) is 4.82. The van der Waals surface area contributed by atoms with E-state index in [-0.39, 0.29) is 11.8 Å². The topological polar surface area (TPSA) is 68.3 Å². The fourth-order valence-electron chi connectivity index (χ4n) is 4.82. The summed E-state index contributed by atoms with van der Waals surface area (Å²) in [6.45, 7) is 4.25. The zero-order chi connectivity index (χ0) is 23.9. The van der Waals surface area contributed by atoms with Crippen LogP contribution in [0.3, 0.4) is 0 Å². The minimum Gasteiger partial charge on any atom is -0.497 e. The Morgan fingerprint density at radius 3 is 2.15 bits per heavy atom. The maximum Gasteiger partial charge on any atom is 0.266 e. The molecule has 0 N–H and O–H groups in total. The van der Waals surface area contributed by atoms with Crippen LogP contribution >= 0.6 is 0 Å². The average Bonchev–Trinajstić information content (AvgIpc) is 3.28. The lowest BCUT2D eigenvalue weighted by Crippen LogP contribution is -2.41. The van der Waals surface area contributed by atoms with Crippen molar-refractivity contribution in [3.63, 3.8) is 0 Å². The summed E-state index contributed by atoms with van der Waals surface area (Å²) in [5.41, 5.74) is 0.981. The highest BCUT2D eigenvalue weighted by Gasteiger charge is 2.68. The van der Waals surface area contributed by atoms with E-state index in [2.05, 4.69) is 0 Å². The number of hydrogen-bond acceptors (Lipinski definition) is 6. The first-order valence-electron chi connectivity index (χ1n) is 11.2. The molecule has 0 unspecified atom stereocenters. The minimum atomic E-state index is -1.14. The molecule has 174 valence electrons. The summed E-state index contributed by atoms with van der Waals surface area (Å²) in [4.78, 5) is 35.0. The number of fused-ring (bicyclic) bond motifs is 1. The van der Waals surface area contributed by atoms with Crippen molar-refractivity contribution in [1.82, 2.24) is 0 Å². The molecule has 0 radical (unpaired) electrons. The van der Waals surface area contributed by atoms with Gasteiger partial charge in [-0.15, -0.1) is 0 Å². The molecule has 2 aliphatic heterocycles. The highest BCUT2D eigenvalue weighted by Crippen LogP contribution is 2.55. The zero-order valence-electron chi connectivity index (χ0n) is 19.3. The number of amides is 2. The Morgan fingerprint density at radius 1 is 0.882 bits per heavy atom. The summed E-state index contributed by atoms with van der Waals surface area (Å²) in [7, 11) is 1.61. The van der Waals surface area contributed by atoms with Gasteiger partial charge in [0.25, 0.3) is 5.91 Å². The minimum absolute atomic E-state index is 0.300. The summed E-state index contributed by atoms with van der Waals surface area (Å²) in [6, 6.07) is 23.5. The molecule has 34 heavy (non-hydrogen) atoms. The first kappa shape index (κ1) is 22.0. The van der Waals surface area contributed by atoms with E-state index in [1.165, 1.54) is 4.90 Å². The Balaban J connectivity index is 1.57. The normalized spacial score (nSPS) is 23.9. The molecule has 5 rings (SSSR count). The molecular formula is C27H26N2O5. The number of para-hydroxylation sites is 1. The predicted molar refractivity (Wildman–Crippen MR) is 128 cm³/mol. The number of ether oxygens (including phenoxy) is 2. The molecule has 2 heterocycles. The maximum absolute atomic E-state index is 14.0. The first-order chi connectivity index (χ1) is 16.5. The fraction of sp³-hybridized carbons (Fsp3) is 0.259. The van der Waals surface area contributed by atoms with E-state index in [9.17, 15) is 9.59 Å². The number of carbonyl (C=O) groups is 2. The van der Waals surface area contributed by atoms with Crippen LogP contribution in [0.15, 0.2) is 78.9 Å². The highest BCUT2D eigenvalue weighted by atomic mass is 16.7. The van der Waals surface area contributed by atoms with Gasteiger partial charge in [-0.2, -0.15) is 0 Å². The summed E-state index contributed by atoms with van der Waals surface area (Å²) in [6.07, 6.45) is -0.959. The van der Waals surface area contributed by atoms with Crippen molar-refractivity contribution < 1.29 is 23.9 Å². The van der Waals surface area contributed by atoms with E-state index in [0.29, 0.717) is 23.8 Å². The van der Waals surface area contributed by atoms with Crippen LogP contribution in [0.4, 0.5) is 11.4 Å². The van der Waals surface area contributed by atoms with Crippen LogP contribution in [-0.4, -0.2) is 31.6 Å². The predicted octanol–water partition coefficient (Wildman–Crippen LogP) is 4.54. The van der Waals surface area contributed by atoms with Crippen molar-refractivity contribution in [1.29, 1.82) is 0 Å². The van der Waals surface area contributed by atoms with Gasteiger partial charge in [0, 0.05) is 0 Å². The molecular weight excluding hydrogens is 432 g/mol. The van der Waals surface area contributed by atoms with Crippen molar-refractivity contribution in [2.75, 3.05) is 23.7 Å². The average molecular weight is 459 g/mol. The Hall–Kier alpha value is -3.84. The molecule has 3 aromatic rings. The van der Waals surface area contributed by atoms with Crippen molar-refractivity contribution >= 4 is 23.2 Å². The third kappa shape index (κ3) is 3.31. The standard InChI is InChI=1S/C27H26N2O5/c1-4-33-22-16-12-19(13-17-22)28-25(30)24-27(2,26(28)31)23(18-10-14-21(32-3)15-11-18)29(34-24)20-8-6-5-7-9-20/h5-17,23-24H,4H2,1-3H3/t23-,24+,27-/m1/s1. The lowest BCUT2D eigenvalue weighted by molar-refractivity contribution is -0.128. The number of hydroxylamine groups is 1. The largest absolute Gasteiger partial charge is 0.497 e. The summed E-state index contributed by atoms with van der Waals surface area (Å²) in [5.74, 6) is 0.708. The number of nitrogens with zero attached hydrogens (tertiary/aromatic N) is 2. The molecule has 0 bridgehead atoms. The van der Waals surface area contributed by atoms with Gasteiger partial charge in [-0.25, -0.2) is 9.96 Å². The molecule has 3 atom stereocenters. The molecule has 0 saturated carbocycles. The molecule has 0 aliphatic carbocycles. The Kier molecular flexibility index (Phi) is 5.49. The Morgan fingerprint density at radius 2 is 1.53 bits per heavy atom. The second-order valence-electron chi connectivity index (χ2n) is 8.51. The lowest BCUT2D eigenvalue weighted by atomic mass is 9.76. The van der Waals surface area contributed by atoms with Crippen LogP contribution in [0.25, 0.3) is 0 Å². The van der Waals surface area contributed by atoms with Crippen molar-refractivity contribution in [3.05, 3.63) is 84.4 Å². The smallest absolute Gasteiger partial charge is 0.266 e. The summed E-state index contributed by atoms with van der Waals surface area (Å²) in [5, 5.41) is 1.69. The van der Waals surface area contributed by atoms with Crippen molar-refractivity contribution in [2.45, 2.75) is 26.0 Å². The van der Waals surface area contributed by atoms with Crippen LogP contribution in [-0.2, 0) is 14.4 Å². The summed E-state index contributed by atoms with van der Waals surface area (Å²) < 4.78 is 10.8. The Labute approximate surface area is 198 Å². The Bertz CT molecular complexity index is 1200. The molecule has 7 nitrogen and oxygen atoms in total. The van der Waals surface area contributed by atoms with Gasteiger partial charge in [0.05, 0.1) is 31.1 Å². The number of imide groups is 1. The van der Waals surface area contributed by atoms with Gasteiger partial charge in [-0.3, -0.25) is 14.4 Å². The van der Waals surface area contributed by atoms with Crippen LogP contribution in [0.2, 0.25) is 0 Å². The third-order valence-corrected chi connectivity index (χ3v) is 6.52. The number of carbonyl (C=O) groups excluding carboxylic acids is 2. The number of rotatable bonds is 6. The van der Waals surface area contributed by atoms with E-state index in [1.54, 1.807) is 36.4 Å². The number of hydrogen-bond donors (Lipinski definition) is 0. The van der Waals surface area contributed by atoms with Crippen LogP contribution in [0, 0.1) is 5.41 Å². The number of anilines is 2. The molecule has 2 saturated heterocycles. The number of benzene rings is 3. The van der Waals surface area contributed by atoms with E-state index >= 15 is 0 Å². The molecule has 2 amide bonds. The van der Waals surface area contributed by atoms with Gasteiger partial charge in [0.15, 0.2) is 6.10 Å².